The number of β-amino-alcohol motifs (C(OH)–C–C–N with tert-alkyl or cyclic N) is 1. The van der Waals surface area contributed by atoms with E-state index in [1.807, 2.05) is 11.1 Å². The van der Waals surface area contributed by atoms with Crippen LogP contribution in [0.25, 0.3) is 0 Å². The number of aryl methyl sites for hydroxylation is 1. The van der Waals surface area contributed by atoms with E-state index in [0.717, 1.165) is 17.7 Å². The van der Waals surface area contributed by atoms with Crippen LogP contribution in [0.1, 0.15) is 29.3 Å². The summed E-state index contributed by atoms with van der Waals surface area (Å²) in [6.45, 7) is 0.852. The molecule has 4 nitrogen and oxygen atoms in total. The minimum absolute atomic E-state index is 0.262. The molecule has 0 radical (unpaired) electrons. The summed E-state index contributed by atoms with van der Waals surface area (Å²) in [5.74, 6) is -0.963. The lowest BCUT2D eigenvalue weighted by atomic mass is 10.0. The third-order valence-electron chi connectivity index (χ3n) is 4.26. The fraction of sp³-hybridized carbons (Fsp3) is 0.353. The first-order valence-electron chi connectivity index (χ1n) is 7.40. The van der Waals surface area contributed by atoms with Gasteiger partial charge in [-0.05, 0) is 36.2 Å². The maximum Gasteiger partial charge on any atom is 0.128 e. The summed E-state index contributed by atoms with van der Waals surface area (Å²) < 4.78 is 29.2. The van der Waals surface area contributed by atoms with Crippen molar-refractivity contribution in [3.8, 4) is 6.07 Å². The standard InChI is InChI=1S/C17H17F2N3O/c1-21-8-11(4-13(21)7-20)9-22-10-14(23)6-17(22)15-5-12(18)2-3-16(15)19/h2-5,8,14,17,23H,6,9-10H2,1H3. The molecular formula is C17H17F2N3O. The first-order chi connectivity index (χ1) is 11.0. The Bertz CT molecular complexity index is 766. The van der Waals surface area contributed by atoms with Crippen molar-refractivity contribution in [3.63, 3.8) is 0 Å². The van der Waals surface area contributed by atoms with Gasteiger partial charge in [0.05, 0.1) is 6.10 Å². The Labute approximate surface area is 133 Å². The summed E-state index contributed by atoms with van der Waals surface area (Å²) in [5, 5.41) is 19.0. The van der Waals surface area contributed by atoms with Crippen LogP contribution in [0.5, 0.6) is 0 Å². The van der Waals surface area contributed by atoms with Crippen LogP contribution >= 0.6 is 0 Å². The number of hydrogen-bond acceptors (Lipinski definition) is 3. The molecular weight excluding hydrogens is 300 g/mol. The van der Waals surface area contributed by atoms with Gasteiger partial charge in [0.15, 0.2) is 0 Å². The van der Waals surface area contributed by atoms with Gasteiger partial charge in [0.25, 0.3) is 0 Å². The van der Waals surface area contributed by atoms with E-state index in [1.165, 1.54) is 6.07 Å². The van der Waals surface area contributed by atoms with Crippen LogP contribution in [-0.4, -0.2) is 27.2 Å². The molecule has 1 N–H and O–H groups in total. The van der Waals surface area contributed by atoms with Crippen LogP contribution in [0.2, 0.25) is 0 Å². The lowest BCUT2D eigenvalue weighted by Gasteiger charge is -2.24. The topological polar surface area (TPSA) is 52.2 Å². The first-order valence-corrected chi connectivity index (χ1v) is 7.40. The van der Waals surface area contributed by atoms with Gasteiger partial charge in [0.1, 0.15) is 23.4 Å². The maximum atomic E-state index is 14.1. The van der Waals surface area contributed by atoms with Gasteiger partial charge in [-0.1, -0.05) is 0 Å². The number of nitrogens with zero attached hydrogens (tertiary/aromatic N) is 3. The quantitative estimate of drug-likeness (QED) is 0.946. The second-order valence-electron chi connectivity index (χ2n) is 5.96. The van der Waals surface area contributed by atoms with E-state index in [2.05, 4.69) is 6.07 Å². The highest BCUT2D eigenvalue weighted by molar-refractivity contribution is 5.29. The monoisotopic (exact) mass is 317 g/mol. The maximum absolute atomic E-state index is 14.1. The Kier molecular flexibility index (Phi) is 4.16. The highest BCUT2D eigenvalue weighted by Gasteiger charge is 2.34. The molecule has 23 heavy (non-hydrogen) atoms. The Morgan fingerprint density at radius 2 is 2.13 bits per heavy atom. The van der Waals surface area contributed by atoms with Gasteiger partial charge < -0.3 is 9.67 Å². The predicted molar refractivity (Wildman–Crippen MR) is 80.3 cm³/mol. The van der Waals surface area contributed by atoms with Crippen molar-refractivity contribution in [2.24, 2.45) is 7.05 Å². The Balaban J connectivity index is 1.87. The van der Waals surface area contributed by atoms with Crippen molar-refractivity contribution in [1.29, 1.82) is 5.26 Å². The summed E-state index contributed by atoms with van der Waals surface area (Å²) in [7, 11) is 1.78. The molecule has 2 heterocycles. The zero-order chi connectivity index (χ0) is 16.6. The van der Waals surface area contributed by atoms with E-state index < -0.39 is 17.7 Å². The van der Waals surface area contributed by atoms with E-state index in [0.29, 0.717) is 25.2 Å². The van der Waals surface area contributed by atoms with Gasteiger partial charge >= 0.3 is 0 Å². The second kappa shape index (κ2) is 6.11. The molecule has 0 amide bonds. The van der Waals surface area contributed by atoms with Crippen molar-refractivity contribution in [3.05, 3.63) is 58.9 Å². The van der Waals surface area contributed by atoms with E-state index in [1.54, 1.807) is 17.7 Å². The third-order valence-corrected chi connectivity index (χ3v) is 4.26. The lowest BCUT2D eigenvalue weighted by Crippen LogP contribution is -2.24. The number of aliphatic hydroxyl groups is 1. The molecule has 1 aliphatic rings. The highest BCUT2D eigenvalue weighted by Crippen LogP contribution is 2.35. The van der Waals surface area contributed by atoms with Gasteiger partial charge in [-0.15, -0.1) is 0 Å². The summed E-state index contributed by atoms with van der Waals surface area (Å²) in [4.78, 5) is 1.92. The fourth-order valence-electron chi connectivity index (χ4n) is 3.21. The molecule has 1 aliphatic heterocycles. The number of aliphatic hydroxyl groups excluding tert-OH is 1. The number of hydrogen-bond donors (Lipinski definition) is 1. The van der Waals surface area contributed by atoms with Crippen LogP contribution in [0.15, 0.2) is 30.5 Å². The molecule has 2 atom stereocenters. The minimum Gasteiger partial charge on any atom is -0.392 e. The molecule has 1 aromatic carbocycles. The first kappa shape index (κ1) is 15.7. The van der Waals surface area contributed by atoms with E-state index in [9.17, 15) is 13.9 Å². The smallest absolute Gasteiger partial charge is 0.128 e. The molecule has 2 aromatic rings. The average Bonchev–Trinajstić information content (AvgIpc) is 3.04. The number of aromatic nitrogens is 1. The molecule has 1 aromatic heterocycles. The van der Waals surface area contributed by atoms with E-state index in [4.69, 9.17) is 5.26 Å². The highest BCUT2D eigenvalue weighted by atomic mass is 19.1. The number of likely N-dealkylation sites (tertiary alicyclic amines) is 1. The van der Waals surface area contributed by atoms with Gasteiger partial charge in [0.2, 0.25) is 0 Å². The van der Waals surface area contributed by atoms with Gasteiger partial charge in [-0.2, -0.15) is 5.26 Å². The molecule has 3 rings (SSSR count). The number of nitriles is 1. The largest absolute Gasteiger partial charge is 0.392 e. The molecule has 1 saturated heterocycles. The Morgan fingerprint density at radius 1 is 1.35 bits per heavy atom. The van der Waals surface area contributed by atoms with E-state index >= 15 is 0 Å². The molecule has 0 bridgehead atoms. The second-order valence-corrected chi connectivity index (χ2v) is 5.96. The molecule has 1 fully saturated rings. The van der Waals surface area contributed by atoms with Crippen molar-refractivity contribution in [1.82, 2.24) is 9.47 Å². The summed E-state index contributed by atoms with van der Waals surface area (Å²) in [6, 6.07) is 6.87. The zero-order valence-corrected chi connectivity index (χ0v) is 12.7. The Hall–Kier alpha value is -2.23. The van der Waals surface area contributed by atoms with Crippen LogP contribution in [-0.2, 0) is 13.6 Å². The predicted octanol–water partition coefficient (Wildman–Crippen LogP) is 2.48. The SMILES string of the molecule is Cn1cc(CN2CC(O)CC2c2cc(F)ccc2F)cc1C#N. The van der Waals surface area contributed by atoms with Crippen molar-refractivity contribution >= 4 is 0 Å². The van der Waals surface area contributed by atoms with Gasteiger partial charge in [-0.3, -0.25) is 4.90 Å². The average molecular weight is 317 g/mol. The molecule has 0 saturated carbocycles. The van der Waals surface area contributed by atoms with Crippen molar-refractivity contribution in [2.45, 2.75) is 25.1 Å². The normalized spacial score (nSPS) is 21.5. The fourth-order valence-corrected chi connectivity index (χ4v) is 3.21. The van der Waals surface area contributed by atoms with Crippen LogP contribution in [0.3, 0.4) is 0 Å². The molecule has 6 heteroatoms. The van der Waals surface area contributed by atoms with Crippen molar-refractivity contribution < 1.29 is 13.9 Å². The number of halogens is 2. The summed E-state index contributed by atoms with van der Waals surface area (Å²) >= 11 is 0. The van der Waals surface area contributed by atoms with Crippen LogP contribution < -0.4 is 0 Å². The van der Waals surface area contributed by atoms with Gasteiger partial charge in [0, 0.05) is 37.9 Å². The molecule has 2 unspecified atom stereocenters. The van der Waals surface area contributed by atoms with Crippen LogP contribution in [0.4, 0.5) is 8.78 Å². The van der Waals surface area contributed by atoms with Gasteiger partial charge in [-0.25, -0.2) is 8.78 Å². The minimum atomic E-state index is -0.582. The molecule has 0 spiro atoms. The molecule has 0 aliphatic carbocycles. The lowest BCUT2D eigenvalue weighted by molar-refractivity contribution is 0.172. The number of rotatable bonds is 3. The molecule has 120 valence electrons. The van der Waals surface area contributed by atoms with E-state index in [-0.39, 0.29) is 11.6 Å². The Morgan fingerprint density at radius 3 is 2.83 bits per heavy atom. The van der Waals surface area contributed by atoms with Crippen molar-refractivity contribution in [2.75, 3.05) is 6.54 Å². The number of benzene rings is 1. The van der Waals surface area contributed by atoms with Crippen LogP contribution in [0, 0.1) is 23.0 Å². The zero-order valence-electron chi connectivity index (χ0n) is 12.7. The summed E-state index contributed by atoms with van der Waals surface area (Å²) in [5.41, 5.74) is 1.70. The third kappa shape index (κ3) is 3.11. The summed E-state index contributed by atoms with van der Waals surface area (Å²) in [6.07, 6.45) is 1.61.